The molecule has 0 aromatic heterocycles. The van der Waals surface area contributed by atoms with Crippen molar-refractivity contribution in [2.24, 2.45) is 0 Å². The first-order chi connectivity index (χ1) is 10.3. The van der Waals surface area contributed by atoms with E-state index in [4.69, 9.17) is 0 Å². The summed E-state index contributed by atoms with van der Waals surface area (Å²) in [7, 11) is 3.20. The maximum atomic E-state index is 4.25. The molecule has 0 saturated carbocycles. The van der Waals surface area contributed by atoms with Gasteiger partial charge < -0.3 is 4.74 Å². The van der Waals surface area contributed by atoms with Gasteiger partial charge in [0.25, 0.3) is 0 Å². The Balaban J connectivity index is -0.000000172. The molecule has 0 unspecified atom stereocenters. The molecule has 2 rings (SSSR count). The van der Waals surface area contributed by atoms with E-state index < -0.39 is 0 Å². The van der Waals surface area contributed by atoms with E-state index in [1.54, 1.807) is 14.2 Å². The summed E-state index contributed by atoms with van der Waals surface area (Å²) in [6, 6.07) is 21.2. The first-order valence-corrected chi connectivity index (χ1v) is 8.04. The lowest BCUT2D eigenvalue weighted by Gasteiger charge is -2.07. The summed E-state index contributed by atoms with van der Waals surface area (Å²) in [5.41, 5.74) is 0. The summed E-state index contributed by atoms with van der Waals surface area (Å²) < 4.78 is 4.25. The van der Waals surface area contributed by atoms with Crippen molar-refractivity contribution in [2.75, 3.05) is 14.2 Å². The molecule has 0 saturated heterocycles. The Kier molecular flexibility index (Phi) is 28.9. The molecular weight excluding hydrogens is 336 g/mol. The third-order valence-electron chi connectivity index (χ3n) is 2.68. The van der Waals surface area contributed by atoms with Gasteiger partial charge in [0.2, 0.25) is 0 Å². The fourth-order valence-electron chi connectivity index (χ4n) is 1.84. The third kappa shape index (κ3) is 11.0. The minimum Gasteiger partial charge on any atom is -0.388 e. The normalized spacial score (nSPS) is 8.69. The third-order valence-corrected chi connectivity index (χ3v) is 5.04. The highest BCUT2D eigenvalue weighted by Crippen LogP contribution is 2.30. The second-order valence-corrected chi connectivity index (χ2v) is 6.26. The van der Waals surface area contributed by atoms with Crippen LogP contribution < -0.4 is 0 Å². The van der Waals surface area contributed by atoms with E-state index in [9.17, 15) is 0 Å². The van der Waals surface area contributed by atoms with Crippen LogP contribution in [0, 0.1) is 0 Å². The van der Waals surface area contributed by atoms with Crippen molar-refractivity contribution in [1.29, 1.82) is 0 Å². The summed E-state index contributed by atoms with van der Waals surface area (Å²) in [6.07, 6.45) is 4.11. The quantitative estimate of drug-likeness (QED) is 0.384. The highest BCUT2D eigenvalue weighted by Gasteiger charge is 2.28. The molecule has 0 radical (unpaired) electrons. The predicted molar refractivity (Wildman–Crippen MR) is 127 cm³/mol. The lowest BCUT2D eigenvalue weighted by molar-refractivity contribution is 0.277. The number of allylic oxidation sites excluding steroid dienone is 2. The first-order valence-electron chi connectivity index (χ1n) is 6.81. The maximum Gasteiger partial charge on any atom is 0.166 e. The van der Waals surface area contributed by atoms with Gasteiger partial charge in [0, 0.05) is 14.2 Å². The van der Waals surface area contributed by atoms with E-state index >= 15 is 0 Å². The lowest BCUT2D eigenvalue weighted by atomic mass is 10.4. The molecule has 0 aliphatic carbocycles. The van der Waals surface area contributed by atoms with Crippen LogP contribution in [0.3, 0.4) is 0 Å². The van der Waals surface area contributed by atoms with Crippen molar-refractivity contribution >= 4 is 10.9 Å². The first kappa shape index (κ1) is 35.4. The van der Waals surface area contributed by atoms with E-state index in [2.05, 4.69) is 85.0 Å². The van der Waals surface area contributed by atoms with E-state index in [0.717, 1.165) is 0 Å². The van der Waals surface area contributed by atoms with Gasteiger partial charge in [-0.25, -0.2) is 0 Å². The second kappa shape index (κ2) is 21.3. The molecule has 2 aromatic carbocycles. The molecule has 0 aliphatic heterocycles. The molecule has 0 bridgehead atoms. The summed E-state index contributed by atoms with van der Waals surface area (Å²) in [4.78, 5) is 3.93. The van der Waals surface area contributed by atoms with Crippen LogP contribution in [0.4, 0.5) is 0 Å². The van der Waals surface area contributed by atoms with Gasteiger partial charge in [0.05, 0.1) is 10.9 Å². The van der Waals surface area contributed by atoms with Gasteiger partial charge in [0.1, 0.15) is 0 Å². The zero-order chi connectivity index (χ0) is 15.5. The molecule has 0 fully saturated rings. The van der Waals surface area contributed by atoms with Gasteiger partial charge in [-0.3, -0.25) is 0 Å². The zero-order valence-electron chi connectivity index (χ0n) is 13.0. The lowest BCUT2D eigenvalue weighted by Crippen LogP contribution is -2.05. The van der Waals surface area contributed by atoms with Crippen LogP contribution in [0.2, 0.25) is 0 Å². The van der Waals surface area contributed by atoms with Crippen molar-refractivity contribution in [3.05, 3.63) is 84.3 Å². The van der Waals surface area contributed by atoms with E-state index in [0.29, 0.717) is 0 Å². The van der Waals surface area contributed by atoms with E-state index in [1.807, 2.05) is 6.08 Å². The van der Waals surface area contributed by atoms with Crippen LogP contribution in [-0.4, -0.2) is 14.2 Å². The average molecular weight is 380 g/mol. The Labute approximate surface area is 168 Å². The van der Waals surface area contributed by atoms with Crippen molar-refractivity contribution in [2.45, 2.75) is 53.8 Å². The second-order valence-electron chi connectivity index (χ2n) is 4.24. The molecule has 0 N–H and O–H groups in total. The molecule has 150 valence electrons. The largest absolute Gasteiger partial charge is 0.388 e. The van der Waals surface area contributed by atoms with Crippen LogP contribution >= 0.6 is 0 Å². The fourth-order valence-corrected chi connectivity index (χ4v) is 3.92. The highest BCUT2D eigenvalue weighted by atomic mass is 32.2. The number of methoxy groups -OCH3 is 1. The van der Waals surface area contributed by atoms with Gasteiger partial charge in [-0.1, -0.05) is 80.1 Å². The zero-order valence-corrected chi connectivity index (χ0v) is 13.8. The molecule has 0 heterocycles. The monoisotopic (exact) mass is 379 g/mol. The van der Waals surface area contributed by atoms with Crippen LogP contribution in [0.5, 0.6) is 0 Å². The summed E-state index contributed by atoms with van der Waals surface area (Å²) in [5, 5.41) is 0. The Morgan fingerprint density at radius 2 is 1.08 bits per heavy atom. The fraction of sp³-hybridized carbons (Fsp3) is 0.333. The van der Waals surface area contributed by atoms with E-state index in [1.165, 1.54) is 14.7 Å². The highest BCUT2D eigenvalue weighted by molar-refractivity contribution is 8.00. The van der Waals surface area contributed by atoms with Crippen LogP contribution in [-0.2, 0) is 15.6 Å². The Bertz CT molecular complexity index is 507. The summed E-state index contributed by atoms with van der Waals surface area (Å²) in [5.74, 6) is 0. The molecule has 0 amide bonds. The standard InChI is InChI=1S/C17H17S.C2H6O.5CH4/c1-3-15(4-2)18(16-11-7-5-8-12-16)17-13-9-6-10-14-17;1-3-2;;;;;/h3-14H,1H2,2H3;1-2H3;5*1H4/q+1;;;;;;/b15-4+;;;;;;. The van der Waals surface area contributed by atoms with Gasteiger partial charge >= 0.3 is 0 Å². The minimum atomic E-state index is -0.0460. The maximum absolute atomic E-state index is 4.25. The Morgan fingerprint density at radius 3 is 1.31 bits per heavy atom. The molecule has 0 spiro atoms. The van der Waals surface area contributed by atoms with Gasteiger partial charge in [-0.15, -0.1) is 0 Å². The molecule has 2 aromatic rings. The number of rotatable bonds is 4. The van der Waals surface area contributed by atoms with Crippen molar-refractivity contribution in [3.63, 3.8) is 0 Å². The molecule has 1 nitrogen and oxygen atoms in total. The SMILES string of the molecule is C.C.C.C.C.C=C/C(=C\C)[S+](c1ccccc1)c1ccccc1.COC. The summed E-state index contributed by atoms with van der Waals surface area (Å²) in [6.45, 7) is 6.01. The van der Waals surface area contributed by atoms with Crippen LogP contribution in [0.25, 0.3) is 0 Å². The van der Waals surface area contributed by atoms with Crippen LogP contribution in [0.1, 0.15) is 44.1 Å². The topological polar surface area (TPSA) is 9.23 Å². The molecule has 2 heteroatoms. The Hall–Kier alpha value is -1.77. The number of hydrogen-bond acceptors (Lipinski definition) is 1. The van der Waals surface area contributed by atoms with Crippen molar-refractivity contribution in [3.8, 4) is 0 Å². The molecule has 26 heavy (non-hydrogen) atoms. The summed E-state index contributed by atoms with van der Waals surface area (Å²) >= 11 is 0. The molecular formula is C24H43OS+. The number of benzene rings is 2. The Morgan fingerprint density at radius 1 is 0.769 bits per heavy atom. The van der Waals surface area contributed by atoms with Gasteiger partial charge in [-0.2, -0.15) is 0 Å². The smallest absolute Gasteiger partial charge is 0.166 e. The molecule has 0 aliphatic rings. The molecule has 0 atom stereocenters. The van der Waals surface area contributed by atoms with E-state index in [-0.39, 0.29) is 48.0 Å². The minimum absolute atomic E-state index is 0. The van der Waals surface area contributed by atoms with Crippen LogP contribution in [0.15, 0.2) is 94.1 Å². The van der Waals surface area contributed by atoms with Crippen molar-refractivity contribution < 1.29 is 4.74 Å². The average Bonchev–Trinajstić information content (AvgIpc) is 2.55. The van der Waals surface area contributed by atoms with Gasteiger partial charge in [0.15, 0.2) is 14.7 Å². The van der Waals surface area contributed by atoms with Crippen molar-refractivity contribution in [1.82, 2.24) is 0 Å². The number of hydrogen-bond donors (Lipinski definition) is 0. The van der Waals surface area contributed by atoms with Gasteiger partial charge in [-0.05, 0) is 43.3 Å². The number of ether oxygens (including phenoxy) is 1. The predicted octanol–water partition coefficient (Wildman–Crippen LogP) is 8.26.